The van der Waals surface area contributed by atoms with Crippen LogP contribution in [-0.2, 0) is 4.79 Å². The molecule has 156 valence electrons. The predicted molar refractivity (Wildman–Crippen MR) is 117 cm³/mol. The Hall–Kier alpha value is -3.61. The number of anilines is 2. The van der Waals surface area contributed by atoms with Gasteiger partial charge < -0.3 is 20.9 Å². The molecule has 2 aromatic carbocycles. The molecule has 0 spiro atoms. The van der Waals surface area contributed by atoms with Crippen molar-refractivity contribution in [2.24, 2.45) is 5.92 Å². The van der Waals surface area contributed by atoms with E-state index in [0.29, 0.717) is 36.6 Å². The van der Waals surface area contributed by atoms with Crippen molar-refractivity contribution >= 4 is 29.2 Å². The summed E-state index contributed by atoms with van der Waals surface area (Å²) in [5.41, 5.74) is 1.71. The van der Waals surface area contributed by atoms with E-state index in [0.717, 1.165) is 12.8 Å². The molecule has 3 rings (SSSR count). The van der Waals surface area contributed by atoms with Crippen LogP contribution >= 0.6 is 0 Å². The van der Waals surface area contributed by atoms with Gasteiger partial charge in [-0.3, -0.25) is 9.59 Å². The minimum atomic E-state index is -0.261. The van der Waals surface area contributed by atoms with E-state index in [4.69, 9.17) is 0 Å². The van der Waals surface area contributed by atoms with Crippen LogP contribution in [0.25, 0.3) is 0 Å². The molecule has 7 heteroatoms. The zero-order chi connectivity index (χ0) is 21.3. The number of urea groups is 1. The Balaban J connectivity index is 1.58. The Labute approximate surface area is 176 Å². The van der Waals surface area contributed by atoms with Crippen molar-refractivity contribution in [2.45, 2.75) is 12.8 Å². The summed E-state index contributed by atoms with van der Waals surface area (Å²) in [5.74, 6) is -0.498. The van der Waals surface area contributed by atoms with Crippen molar-refractivity contribution < 1.29 is 14.4 Å². The molecule has 2 aromatic rings. The highest BCUT2D eigenvalue weighted by molar-refractivity contribution is 6.04. The lowest BCUT2D eigenvalue weighted by Gasteiger charge is -2.32. The summed E-state index contributed by atoms with van der Waals surface area (Å²) in [6.45, 7) is 4.99. The smallest absolute Gasteiger partial charge is 0.321 e. The molecular formula is C23H26N4O3. The van der Waals surface area contributed by atoms with Gasteiger partial charge in [-0.1, -0.05) is 30.3 Å². The number of nitrogens with one attached hydrogen (secondary N) is 3. The first-order valence-corrected chi connectivity index (χ1v) is 9.98. The van der Waals surface area contributed by atoms with Crippen LogP contribution in [0.4, 0.5) is 16.2 Å². The van der Waals surface area contributed by atoms with Gasteiger partial charge in [0.05, 0.1) is 5.92 Å². The van der Waals surface area contributed by atoms with Gasteiger partial charge in [-0.15, -0.1) is 6.58 Å². The molecule has 0 bridgehead atoms. The van der Waals surface area contributed by atoms with Gasteiger partial charge >= 0.3 is 6.03 Å². The number of rotatable bonds is 6. The van der Waals surface area contributed by atoms with Crippen molar-refractivity contribution in [1.82, 2.24) is 10.2 Å². The fourth-order valence-electron chi connectivity index (χ4n) is 3.36. The Morgan fingerprint density at radius 3 is 2.50 bits per heavy atom. The number of hydrogen-bond acceptors (Lipinski definition) is 3. The van der Waals surface area contributed by atoms with Gasteiger partial charge in [0, 0.05) is 36.6 Å². The van der Waals surface area contributed by atoms with E-state index in [9.17, 15) is 14.4 Å². The van der Waals surface area contributed by atoms with Crippen molar-refractivity contribution in [2.75, 3.05) is 30.3 Å². The first-order chi connectivity index (χ1) is 14.6. The second kappa shape index (κ2) is 10.2. The number of carbonyl (C=O) groups is 3. The first kappa shape index (κ1) is 21.1. The maximum atomic E-state index is 12.7. The summed E-state index contributed by atoms with van der Waals surface area (Å²) in [4.78, 5) is 38.8. The third-order valence-corrected chi connectivity index (χ3v) is 4.91. The van der Waals surface area contributed by atoms with Crippen LogP contribution in [0.15, 0.2) is 67.3 Å². The van der Waals surface area contributed by atoms with Gasteiger partial charge in [-0.25, -0.2) is 4.79 Å². The van der Waals surface area contributed by atoms with E-state index in [2.05, 4.69) is 22.5 Å². The SMILES string of the molecule is C=CCNC(=O)[C@@H]1CCCN(C(=O)Nc2cccc(NC(=O)c3ccccc3)c2)C1. The molecule has 7 nitrogen and oxygen atoms in total. The highest BCUT2D eigenvalue weighted by Gasteiger charge is 2.28. The molecule has 4 amide bonds. The number of hydrogen-bond donors (Lipinski definition) is 3. The summed E-state index contributed by atoms with van der Waals surface area (Å²) in [6.07, 6.45) is 3.16. The van der Waals surface area contributed by atoms with E-state index < -0.39 is 0 Å². The van der Waals surface area contributed by atoms with Crippen molar-refractivity contribution in [1.29, 1.82) is 0 Å². The van der Waals surface area contributed by atoms with Crippen LogP contribution in [-0.4, -0.2) is 42.4 Å². The molecular weight excluding hydrogens is 380 g/mol. The van der Waals surface area contributed by atoms with Crippen LogP contribution < -0.4 is 16.0 Å². The maximum Gasteiger partial charge on any atom is 0.321 e. The summed E-state index contributed by atoms with van der Waals surface area (Å²) >= 11 is 0. The molecule has 0 aliphatic carbocycles. The lowest BCUT2D eigenvalue weighted by molar-refractivity contribution is -0.126. The van der Waals surface area contributed by atoms with Gasteiger partial charge in [0.1, 0.15) is 0 Å². The average Bonchev–Trinajstić information content (AvgIpc) is 2.78. The lowest BCUT2D eigenvalue weighted by atomic mass is 9.97. The molecule has 30 heavy (non-hydrogen) atoms. The molecule has 1 aliphatic heterocycles. The third kappa shape index (κ3) is 5.70. The minimum absolute atomic E-state index is 0.0574. The number of amides is 4. The highest BCUT2D eigenvalue weighted by atomic mass is 16.2. The van der Waals surface area contributed by atoms with Gasteiger partial charge in [0.15, 0.2) is 0 Å². The molecule has 0 aromatic heterocycles. The summed E-state index contributed by atoms with van der Waals surface area (Å²) in [6, 6.07) is 15.6. The van der Waals surface area contributed by atoms with Gasteiger partial charge in [0.2, 0.25) is 5.91 Å². The zero-order valence-electron chi connectivity index (χ0n) is 16.8. The molecule has 1 atom stereocenters. The molecule has 1 fully saturated rings. The summed E-state index contributed by atoms with van der Waals surface area (Å²) in [7, 11) is 0. The first-order valence-electron chi connectivity index (χ1n) is 9.98. The van der Waals surface area contributed by atoms with Gasteiger partial charge in [-0.05, 0) is 43.2 Å². The van der Waals surface area contributed by atoms with Crippen LogP contribution in [0.2, 0.25) is 0 Å². The van der Waals surface area contributed by atoms with Crippen molar-refractivity contribution in [3.63, 3.8) is 0 Å². The normalized spacial score (nSPS) is 15.7. The van der Waals surface area contributed by atoms with Crippen molar-refractivity contribution in [3.8, 4) is 0 Å². The van der Waals surface area contributed by atoms with Gasteiger partial charge in [-0.2, -0.15) is 0 Å². The topological polar surface area (TPSA) is 90.5 Å². The number of nitrogens with zero attached hydrogens (tertiary/aromatic N) is 1. The largest absolute Gasteiger partial charge is 0.352 e. The molecule has 0 radical (unpaired) electrons. The monoisotopic (exact) mass is 406 g/mol. The number of likely N-dealkylation sites (tertiary alicyclic amines) is 1. The van der Waals surface area contributed by atoms with Crippen molar-refractivity contribution in [3.05, 3.63) is 72.8 Å². The van der Waals surface area contributed by atoms with Crippen LogP contribution in [0.3, 0.4) is 0 Å². The Morgan fingerprint density at radius 1 is 1.03 bits per heavy atom. The average molecular weight is 406 g/mol. The predicted octanol–water partition coefficient (Wildman–Crippen LogP) is 3.49. The zero-order valence-corrected chi connectivity index (χ0v) is 16.8. The molecule has 0 saturated carbocycles. The Morgan fingerprint density at radius 2 is 1.77 bits per heavy atom. The Bertz CT molecular complexity index is 914. The van der Waals surface area contributed by atoms with E-state index in [1.54, 1.807) is 59.5 Å². The Kier molecular flexibility index (Phi) is 7.21. The van der Waals surface area contributed by atoms with E-state index in [1.165, 1.54) is 0 Å². The summed E-state index contributed by atoms with van der Waals surface area (Å²) in [5, 5.41) is 8.48. The second-order valence-electron chi connectivity index (χ2n) is 7.15. The standard InChI is InChI=1S/C23H26N4O3/c1-2-13-24-21(28)18-10-7-14-27(16-18)23(30)26-20-12-6-11-19(15-20)25-22(29)17-8-4-3-5-9-17/h2-6,8-9,11-12,15,18H,1,7,10,13-14,16H2,(H,24,28)(H,25,29)(H,26,30)/t18-/m1/s1. The second-order valence-corrected chi connectivity index (χ2v) is 7.15. The quantitative estimate of drug-likeness (QED) is 0.642. The van der Waals surface area contributed by atoms with Gasteiger partial charge in [0.25, 0.3) is 5.91 Å². The van der Waals surface area contributed by atoms with Crippen LogP contribution in [0, 0.1) is 5.92 Å². The summed E-state index contributed by atoms with van der Waals surface area (Å²) < 4.78 is 0. The molecule has 3 N–H and O–H groups in total. The van der Waals surface area contributed by atoms with Crippen LogP contribution in [0.5, 0.6) is 0 Å². The van der Waals surface area contributed by atoms with E-state index in [1.807, 2.05) is 6.07 Å². The molecule has 1 aliphatic rings. The van der Waals surface area contributed by atoms with E-state index in [-0.39, 0.29) is 23.8 Å². The number of carbonyl (C=O) groups excluding carboxylic acids is 3. The molecule has 1 heterocycles. The maximum absolute atomic E-state index is 12.7. The fourth-order valence-corrected chi connectivity index (χ4v) is 3.36. The van der Waals surface area contributed by atoms with Crippen LogP contribution in [0.1, 0.15) is 23.2 Å². The molecule has 1 saturated heterocycles. The number of piperidine rings is 1. The number of benzene rings is 2. The highest BCUT2D eigenvalue weighted by Crippen LogP contribution is 2.20. The fraction of sp³-hybridized carbons (Fsp3) is 0.261. The lowest BCUT2D eigenvalue weighted by Crippen LogP contribution is -2.46. The minimum Gasteiger partial charge on any atom is -0.352 e. The third-order valence-electron chi connectivity index (χ3n) is 4.91. The molecule has 0 unspecified atom stereocenters. The van der Waals surface area contributed by atoms with E-state index >= 15 is 0 Å².